The molecule has 2 N–H and O–H groups in total. The Kier molecular flexibility index (Phi) is 5.82. The molecule has 0 amide bonds. The summed E-state index contributed by atoms with van der Waals surface area (Å²) in [6, 6.07) is 10.5. The second kappa shape index (κ2) is 8.26. The summed E-state index contributed by atoms with van der Waals surface area (Å²) < 4.78 is 18.5. The van der Waals surface area contributed by atoms with E-state index in [0.29, 0.717) is 18.2 Å². The van der Waals surface area contributed by atoms with Crippen LogP contribution in [0.15, 0.2) is 47.1 Å². The fraction of sp³-hybridized carbons (Fsp3) is 0.389. The largest absolute Gasteiger partial charge is 0.468 e. The first-order chi connectivity index (χ1) is 11.7. The van der Waals surface area contributed by atoms with Gasteiger partial charge in [-0.25, -0.2) is 4.39 Å². The van der Waals surface area contributed by atoms with Gasteiger partial charge in [0.1, 0.15) is 11.6 Å². The van der Waals surface area contributed by atoms with Crippen molar-refractivity contribution in [3.05, 3.63) is 59.8 Å². The lowest BCUT2D eigenvalue weighted by molar-refractivity contribution is 0.215. The van der Waals surface area contributed by atoms with Crippen LogP contribution in [0.5, 0.6) is 0 Å². The first-order valence-electron chi connectivity index (χ1n) is 8.26. The second-order valence-electron chi connectivity index (χ2n) is 5.96. The maximum Gasteiger partial charge on any atom is 0.166 e. The van der Waals surface area contributed by atoms with Gasteiger partial charge in [-0.3, -0.25) is 4.90 Å². The molecule has 1 atom stereocenters. The van der Waals surface area contributed by atoms with E-state index in [2.05, 4.69) is 15.5 Å². The van der Waals surface area contributed by atoms with Gasteiger partial charge in [0.05, 0.1) is 12.3 Å². The molecule has 0 radical (unpaired) electrons. The molecule has 1 saturated heterocycles. The summed E-state index contributed by atoms with van der Waals surface area (Å²) in [5, 5.41) is 7.03. The third-order valence-electron chi connectivity index (χ3n) is 4.28. The minimum absolute atomic E-state index is 0.188. The number of halogens is 1. The first-order valence-corrected chi connectivity index (χ1v) is 8.67. The highest BCUT2D eigenvalue weighted by molar-refractivity contribution is 7.80. The summed E-state index contributed by atoms with van der Waals surface area (Å²) in [5.41, 5.74) is 0.989. The third-order valence-corrected chi connectivity index (χ3v) is 4.56. The van der Waals surface area contributed by atoms with Gasteiger partial charge >= 0.3 is 0 Å². The van der Waals surface area contributed by atoms with Gasteiger partial charge in [-0.1, -0.05) is 12.1 Å². The fourth-order valence-corrected chi connectivity index (χ4v) is 3.14. The highest BCUT2D eigenvalue weighted by Gasteiger charge is 2.25. The Hall–Kier alpha value is -1.92. The minimum atomic E-state index is -0.230. The van der Waals surface area contributed by atoms with Gasteiger partial charge in [0.25, 0.3) is 0 Å². The topological polar surface area (TPSA) is 40.4 Å². The van der Waals surface area contributed by atoms with Crippen molar-refractivity contribution in [1.82, 2.24) is 15.5 Å². The maximum absolute atomic E-state index is 12.9. The van der Waals surface area contributed by atoms with Crippen molar-refractivity contribution in [2.75, 3.05) is 19.6 Å². The number of likely N-dealkylation sites (tertiary alicyclic amines) is 1. The summed E-state index contributed by atoms with van der Waals surface area (Å²) in [5.74, 6) is 0.733. The Morgan fingerprint density at radius 2 is 1.92 bits per heavy atom. The molecular weight excluding hydrogens is 325 g/mol. The zero-order valence-electron chi connectivity index (χ0n) is 13.5. The van der Waals surface area contributed by atoms with E-state index in [9.17, 15) is 4.39 Å². The van der Waals surface area contributed by atoms with Crippen LogP contribution in [0, 0.1) is 5.82 Å². The quantitative estimate of drug-likeness (QED) is 0.785. The molecule has 0 saturated carbocycles. The van der Waals surface area contributed by atoms with Crippen LogP contribution in [0.3, 0.4) is 0 Å². The molecule has 1 fully saturated rings. The molecule has 1 aliphatic rings. The van der Waals surface area contributed by atoms with Crippen LogP contribution >= 0.6 is 12.2 Å². The number of thiocarbonyl (C=S) groups is 1. The fourth-order valence-electron chi connectivity index (χ4n) is 2.98. The molecule has 24 heavy (non-hydrogen) atoms. The van der Waals surface area contributed by atoms with Crippen molar-refractivity contribution in [1.29, 1.82) is 0 Å². The van der Waals surface area contributed by atoms with Crippen LogP contribution in [0.4, 0.5) is 4.39 Å². The number of nitrogens with zero attached hydrogens (tertiary/aromatic N) is 1. The standard InChI is InChI=1S/C18H22FN3OS/c19-15-7-5-14(6-8-15)12-20-18(24)21-13-16(17-4-3-11-23-17)22-9-1-2-10-22/h3-8,11,16H,1-2,9-10,12-13H2,(H2,20,21,24)/t16-/m0/s1. The Bertz CT molecular complexity index is 639. The van der Waals surface area contributed by atoms with Crippen molar-refractivity contribution in [2.45, 2.75) is 25.4 Å². The van der Waals surface area contributed by atoms with Crippen LogP contribution in [0.1, 0.15) is 30.2 Å². The molecule has 0 unspecified atom stereocenters. The lowest BCUT2D eigenvalue weighted by atomic mass is 10.2. The van der Waals surface area contributed by atoms with E-state index < -0.39 is 0 Å². The average molecular weight is 347 g/mol. The normalized spacial score (nSPS) is 16.0. The SMILES string of the molecule is Fc1ccc(CNC(=S)NC[C@@H](c2ccco2)N2CCCC2)cc1. The number of furan rings is 1. The predicted molar refractivity (Wildman–Crippen MR) is 96.1 cm³/mol. The van der Waals surface area contributed by atoms with Crippen LogP contribution < -0.4 is 10.6 Å². The molecule has 1 aromatic heterocycles. The van der Waals surface area contributed by atoms with Gasteiger partial charge in [-0.2, -0.15) is 0 Å². The lowest BCUT2D eigenvalue weighted by Gasteiger charge is -2.26. The maximum atomic E-state index is 12.9. The zero-order valence-corrected chi connectivity index (χ0v) is 14.3. The molecule has 1 aliphatic heterocycles. The van der Waals surface area contributed by atoms with Crippen LogP contribution in [0.25, 0.3) is 0 Å². The highest BCUT2D eigenvalue weighted by atomic mass is 32.1. The molecule has 4 nitrogen and oxygen atoms in total. The molecule has 0 spiro atoms. The van der Waals surface area contributed by atoms with Crippen LogP contribution in [-0.2, 0) is 6.54 Å². The van der Waals surface area contributed by atoms with E-state index in [1.54, 1.807) is 18.4 Å². The molecule has 0 bridgehead atoms. The summed E-state index contributed by atoms with van der Waals surface area (Å²) in [4.78, 5) is 2.43. The number of rotatable bonds is 6. The second-order valence-corrected chi connectivity index (χ2v) is 6.37. The Balaban J connectivity index is 1.50. The third kappa shape index (κ3) is 4.55. The van der Waals surface area contributed by atoms with Crippen molar-refractivity contribution >= 4 is 17.3 Å². The molecule has 1 aromatic carbocycles. The highest BCUT2D eigenvalue weighted by Crippen LogP contribution is 2.24. The van der Waals surface area contributed by atoms with Gasteiger partial charge in [0, 0.05) is 13.1 Å². The van der Waals surface area contributed by atoms with E-state index >= 15 is 0 Å². The van der Waals surface area contributed by atoms with Gasteiger partial charge in [-0.15, -0.1) is 0 Å². The smallest absolute Gasteiger partial charge is 0.166 e. The van der Waals surface area contributed by atoms with Crippen molar-refractivity contribution in [3.8, 4) is 0 Å². The van der Waals surface area contributed by atoms with E-state index in [-0.39, 0.29) is 11.9 Å². The van der Waals surface area contributed by atoms with E-state index in [1.165, 1.54) is 25.0 Å². The van der Waals surface area contributed by atoms with Gasteiger partial charge < -0.3 is 15.1 Å². The summed E-state index contributed by atoms with van der Waals surface area (Å²) in [6.45, 7) is 3.44. The lowest BCUT2D eigenvalue weighted by Crippen LogP contribution is -2.41. The van der Waals surface area contributed by atoms with Crippen LogP contribution in [0.2, 0.25) is 0 Å². The molecular formula is C18H22FN3OS. The van der Waals surface area contributed by atoms with E-state index in [1.807, 2.05) is 12.1 Å². The molecule has 3 rings (SSSR count). The van der Waals surface area contributed by atoms with E-state index in [4.69, 9.17) is 16.6 Å². The first kappa shape index (κ1) is 16.9. The minimum Gasteiger partial charge on any atom is -0.468 e. The number of benzene rings is 1. The van der Waals surface area contributed by atoms with Crippen LogP contribution in [-0.4, -0.2) is 29.6 Å². The van der Waals surface area contributed by atoms with E-state index in [0.717, 1.165) is 24.4 Å². The van der Waals surface area contributed by atoms with Gasteiger partial charge in [-0.05, 0) is 68.0 Å². The molecule has 6 heteroatoms. The zero-order chi connectivity index (χ0) is 16.8. The van der Waals surface area contributed by atoms with Gasteiger partial charge in [0.15, 0.2) is 5.11 Å². The molecule has 2 heterocycles. The number of nitrogens with one attached hydrogen (secondary N) is 2. The van der Waals surface area contributed by atoms with Crippen molar-refractivity contribution in [3.63, 3.8) is 0 Å². The average Bonchev–Trinajstić information content (AvgIpc) is 3.29. The molecule has 0 aliphatic carbocycles. The Morgan fingerprint density at radius 3 is 2.58 bits per heavy atom. The summed E-state index contributed by atoms with van der Waals surface area (Å²) >= 11 is 5.36. The number of hydrogen-bond donors (Lipinski definition) is 2. The van der Waals surface area contributed by atoms with Crippen molar-refractivity contribution in [2.24, 2.45) is 0 Å². The van der Waals surface area contributed by atoms with Crippen molar-refractivity contribution < 1.29 is 8.81 Å². The number of hydrogen-bond acceptors (Lipinski definition) is 3. The predicted octanol–water partition coefficient (Wildman–Crippen LogP) is 3.22. The summed E-state index contributed by atoms with van der Waals surface area (Å²) in [7, 11) is 0. The molecule has 128 valence electrons. The van der Waals surface area contributed by atoms with Gasteiger partial charge in [0.2, 0.25) is 0 Å². The Morgan fingerprint density at radius 1 is 1.17 bits per heavy atom. The molecule has 2 aromatic rings. The monoisotopic (exact) mass is 347 g/mol. The Labute approximate surface area is 147 Å². The summed E-state index contributed by atoms with van der Waals surface area (Å²) in [6.07, 6.45) is 4.17.